The molecule has 112 valence electrons. The van der Waals surface area contributed by atoms with Crippen molar-refractivity contribution in [3.05, 3.63) is 24.0 Å². The lowest BCUT2D eigenvalue weighted by atomic mass is 9.82. The van der Waals surface area contributed by atoms with Gasteiger partial charge in [-0.1, -0.05) is 13.8 Å². The first-order valence-electron chi connectivity index (χ1n) is 7.07. The van der Waals surface area contributed by atoms with Crippen LogP contribution in [0.5, 0.6) is 0 Å². The maximum atomic E-state index is 12.3. The van der Waals surface area contributed by atoms with E-state index in [0.29, 0.717) is 17.5 Å². The third-order valence-corrected chi connectivity index (χ3v) is 4.47. The molecule has 0 saturated carbocycles. The zero-order valence-corrected chi connectivity index (χ0v) is 13.1. The molecule has 2 heterocycles. The zero-order chi connectivity index (χ0) is 13.9. The molecule has 1 aromatic rings. The quantitative estimate of drug-likeness (QED) is 0.929. The Morgan fingerprint density at radius 2 is 2.10 bits per heavy atom. The number of amides is 1. The molecule has 0 unspecified atom stereocenters. The molecule has 1 aliphatic heterocycles. The number of aromatic nitrogens is 1. The molecule has 20 heavy (non-hydrogen) atoms. The Morgan fingerprint density at radius 3 is 2.60 bits per heavy atom. The summed E-state index contributed by atoms with van der Waals surface area (Å²) >= 11 is 0. The largest absolute Gasteiger partial charge is 0.397 e. The standard InChI is InChI=1S/C15H23N3O.ClH/c1-3-15(4-2)7-8-18(11-15)14(19)9-13-6-5-12(16)10-17-13;/h5-6,10H,3-4,7-9,11,16H2,1-2H3;1H. The van der Waals surface area contributed by atoms with E-state index >= 15 is 0 Å². The van der Waals surface area contributed by atoms with Crippen molar-refractivity contribution < 1.29 is 4.79 Å². The number of carbonyl (C=O) groups is 1. The molecule has 4 nitrogen and oxygen atoms in total. The highest BCUT2D eigenvalue weighted by Crippen LogP contribution is 2.37. The number of carbonyl (C=O) groups excluding carboxylic acids is 1. The van der Waals surface area contributed by atoms with Crippen LogP contribution in [-0.4, -0.2) is 28.9 Å². The summed E-state index contributed by atoms with van der Waals surface area (Å²) in [5.41, 5.74) is 7.36. The van der Waals surface area contributed by atoms with Gasteiger partial charge in [0.15, 0.2) is 0 Å². The molecule has 1 saturated heterocycles. The molecule has 0 aliphatic carbocycles. The van der Waals surface area contributed by atoms with Crippen LogP contribution in [0.25, 0.3) is 0 Å². The summed E-state index contributed by atoms with van der Waals surface area (Å²) in [6.07, 6.45) is 5.40. The van der Waals surface area contributed by atoms with E-state index < -0.39 is 0 Å². The van der Waals surface area contributed by atoms with Gasteiger partial charge in [0.2, 0.25) is 5.91 Å². The van der Waals surface area contributed by atoms with Crippen molar-refractivity contribution in [2.24, 2.45) is 5.41 Å². The fraction of sp³-hybridized carbons (Fsp3) is 0.600. The average Bonchev–Trinajstić information content (AvgIpc) is 2.87. The third-order valence-electron chi connectivity index (χ3n) is 4.47. The molecule has 2 N–H and O–H groups in total. The second-order valence-corrected chi connectivity index (χ2v) is 5.53. The van der Waals surface area contributed by atoms with E-state index in [1.54, 1.807) is 12.3 Å². The summed E-state index contributed by atoms with van der Waals surface area (Å²) < 4.78 is 0. The molecule has 0 radical (unpaired) electrons. The monoisotopic (exact) mass is 297 g/mol. The van der Waals surface area contributed by atoms with Crippen molar-refractivity contribution in [1.29, 1.82) is 0 Å². The van der Waals surface area contributed by atoms with Crippen LogP contribution >= 0.6 is 12.4 Å². The summed E-state index contributed by atoms with van der Waals surface area (Å²) in [6.45, 7) is 6.22. The number of likely N-dealkylation sites (tertiary alicyclic amines) is 1. The van der Waals surface area contributed by atoms with Crippen LogP contribution < -0.4 is 5.73 Å². The van der Waals surface area contributed by atoms with Crippen LogP contribution in [0.1, 0.15) is 38.8 Å². The van der Waals surface area contributed by atoms with Crippen LogP contribution in [0, 0.1) is 5.41 Å². The molecule has 0 bridgehead atoms. The maximum absolute atomic E-state index is 12.3. The average molecular weight is 298 g/mol. The van der Waals surface area contributed by atoms with Crippen molar-refractivity contribution >= 4 is 24.0 Å². The molecular formula is C15H24ClN3O. The number of hydrogen-bond donors (Lipinski definition) is 1. The van der Waals surface area contributed by atoms with E-state index in [-0.39, 0.29) is 18.3 Å². The lowest BCUT2D eigenvalue weighted by molar-refractivity contribution is -0.129. The molecule has 1 amide bonds. The van der Waals surface area contributed by atoms with Gasteiger partial charge in [0.25, 0.3) is 0 Å². The highest BCUT2D eigenvalue weighted by molar-refractivity contribution is 5.85. The summed E-state index contributed by atoms with van der Waals surface area (Å²) in [7, 11) is 0. The van der Waals surface area contributed by atoms with Crippen LogP contribution in [-0.2, 0) is 11.2 Å². The Kier molecular flexibility index (Phi) is 5.81. The van der Waals surface area contributed by atoms with Gasteiger partial charge in [-0.15, -0.1) is 12.4 Å². The normalized spacial score (nSPS) is 16.8. The molecule has 0 spiro atoms. The number of hydrogen-bond acceptors (Lipinski definition) is 3. The molecule has 0 aromatic carbocycles. The van der Waals surface area contributed by atoms with Gasteiger partial charge in [0.1, 0.15) is 0 Å². The van der Waals surface area contributed by atoms with Crippen molar-refractivity contribution in [2.75, 3.05) is 18.8 Å². The van der Waals surface area contributed by atoms with Crippen molar-refractivity contribution in [2.45, 2.75) is 39.5 Å². The number of pyridine rings is 1. The van der Waals surface area contributed by atoms with Gasteiger partial charge in [0.05, 0.1) is 18.3 Å². The van der Waals surface area contributed by atoms with Gasteiger partial charge >= 0.3 is 0 Å². The van der Waals surface area contributed by atoms with Crippen molar-refractivity contribution in [3.63, 3.8) is 0 Å². The second-order valence-electron chi connectivity index (χ2n) is 5.53. The molecule has 1 fully saturated rings. The number of rotatable bonds is 4. The summed E-state index contributed by atoms with van der Waals surface area (Å²) in [6, 6.07) is 3.62. The summed E-state index contributed by atoms with van der Waals surface area (Å²) in [5, 5.41) is 0. The minimum atomic E-state index is 0. The Balaban J connectivity index is 0.00000200. The highest BCUT2D eigenvalue weighted by atomic mass is 35.5. The number of nitrogens with two attached hydrogens (primary N) is 1. The SMILES string of the molecule is CCC1(CC)CCN(C(=O)Cc2ccc(N)cn2)C1.Cl. The molecular weight excluding hydrogens is 274 g/mol. The van der Waals surface area contributed by atoms with Crippen LogP contribution in [0.4, 0.5) is 5.69 Å². The van der Waals surface area contributed by atoms with Gasteiger partial charge in [0, 0.05) is 18.8 Å². The summed E-state index contributed by atoms with van der Waals surface area (Å²) in [4.78, 5) is 18.5. The Hall–Kier alpha value is -1.29. The smallest absolute Gasteiger partial charge is 0.228 e. The topological polar surface area (TPSA) is 59.2 Å². The highest BCUT2D eigenvalue weighted by Gasteiger charge is 2.36. The lowest BCUT2D eigenvalue weighted by Crippen LogP contribution is -2.33. The first kappa shape index (κ1) is 16.8. The molecule has 2 rings (SSSR count). The molecule has 0 atom stereocenters. The first-order chi connectivity index (χ1) is 9.08. The number of nitrogen functional groups attached to an aromatic ring is 1. The summed E-state index contributed by atoms with van der Waals surface area (Å²) in [5.74, 6) is 0.182. The number of halogens is 1. The van der Waals surface area contributed by atoms with E-state index in [9.17, 15) is 4.79 Å². The Morgan fingerprint density at radius 1 is 1.40 bits per heavy atom. The number of anilines is 1. The van der Waals surface area contributed by atoms with Crippen molar-refractivity contribution in [1.82, 2.24) is 9.88 Å². The van der Waals surface area contributed by atoms with Crippen molar-refractivity contribution in [3.8, 4) is 0 Å². The van der Waals surface area contributed by atoms with Crippen LogP contribution in [0.15, 0.2) is 18.3 Å². The predicted molar refractivity (Wildman–Crippen MR) is 83.8 cm³/mol. The van der Waals surface area contributed by atoms with Gasteiger partial charge in [-0.25, -0.2) is 0 Å². The van der Waals surface area contributed by atoms with E-state index in [0.717, 1.165) is 38.0 Å². The Labute approximate surface area is 127 Å². The van der Waals surface area contributed by atoms with E-state index in [4.69, 9.17) is 5.73 Å². The van der Waals surface area contributed by atoms with Gasteiger partial charge in [-0.05, 0) is 36.8 Å². The Bertz CT molecular complexity index is 443. The number of nitrogens with zero attached hydrogens (tertiary/aromatic N) is 2. The van der Waals surface area contributed by atoms with Gasteiger partial charge < -0.3 is 10.6 Å². The fourth-order valence-electron chi connectivity index (χ4n) is 2.78. The van der Waals surface area contributed by atoms with E-state index in [1.165, 1.54) is 0 Å². The predicted octanol–water partition coefficient (Wildman–Crippen LogP) is 2.67. The minimum absolute atomic E-state index is 0. The zero-order valence-electron chi connectivity index (χ0n) is 12.3. The lowest BCUT2D eigenvalue weighted by Gasteiger charge is -2.26. The first-order valence-corrected chi connectivity index (χ1v) is 7.07. The van der Waals surface area contributed by atoms with Crippen LogP contribution in [0.3, 0.4) is 0 Å². The van der Waals surface area contributed by atoms with Gasteiger partial charge in [-0.2, -0.15) is 0 Å². The molecule has 5 heteroatoms. The molecule has 1 aliphatic rings. The second kappa shape index (κ2) is 6.93. The molecule has 1 aromatic heterocycles. The fourth-order valence-corrected chi connectivity index (χ4v) is 2.78. The van der Waals surface area contributed by atoms with E-state index in [1.807, 2.05) is 11.0 Å². The van der Waals surface area contributed by atoms with Crippen LogP contribution in [0.2, 0.25) is 0 Å². The maximum Gasteiger partial charge on any atom is 0.228 e. The minimum Gasteiger partial charge on any atom is -0.397 e. The van der Waals surface area contributed by atoms with E-state index in [2.05, 4.69) is 18.8 Å². The third kappa shape index (κ3) is 3.63. The van der Waals surface area contributed by atoms with Gasteiger partial charge in [-0.3, -0.25) is 9.78 Å².